The third-order valence-electron chi connectivity index (χ3n) is 4.05. The molecule has 0 aliphatic heterocycles. The summed E-state index contributed by atoms with van der Waals surface area (Å²) in [5.74, 6) is -0.496. The molecule has 3 aromatic rings. The van der Waals surface area contributed by atoms with Crippen LogP contribution in [0.15, 0.2) is 62.6 Å². The summed E-state index contributed by atoms with van der Waals surface area (Å²) in [4.78, 5) is 12.0. The molecular weight excluding hydrogens is 532 g/mol. The second-order valence-corrected chi connectivity index (χ2v) is 7.58. The molecule has 1 amide bonds. The van der Waals surface area contributed by atoms with E-state index in [-0.39, 0.29) is 21.9 Å². The SMILES string of the molecule is CO.CO.O=C(CCc1ccc2ccccc2c1)N/N=C\c1cc(Br)c(O)c(Br)c1O. The molecule has 0 atom stereocenters. The Labute approximate surface area is 197 Å². The van der Waals surface area contributed by atoms with Gasteiger partial charge in [0, 0.05) is 26.2 Å². The number of carbonyl (C=O) groups is 1. The fourth-order valence-corrected chi connectivity index (χ4v) is 3.75. The maximum atomic E-state index is 12.0. The maximum absolute atomic E-state index is 12.0. The number of aryl methyl sites for hydroxylation is 1. The van der Waals surface area contributed by atoms with E-state index in [1.807, 2.05) is 30.3 Å². The fourth-order valence-electron chi connectivity index (χ4n) is 2.60. The Bertz CT molecular complexity index is 1040. The number of halogens is 2. The number of nitrogens with one attached hydrogen (secondary N) is 1. The number of fused-ring (bicyclic) bond motifs is 1. The van der Waals surface area contributed by atoms with Crippen molar-refractivity contribution in [2.45, 2.75) is 12.8 Å². The van der Waals surface area contributed by atoms with Crippen LogP contribution in [0.25, 0.3) is 10.8 Å². The lowest BCUT2D eigenvalue weighted by atomic mass is 10.0. The standard InChI is InChI=1S/C20H16Br2N2O3.2CH4O/c21-16-10-15(19(26)18(22)20(16)27)11-23-24-17(25)8-6-12-5-7-13-3-1-2-4-14(13)9-12;2*1-2/h1-5,7,9-11,26-27H,6,8H2,(H,24,25);2*2H,1H3/b23-11-;;. The van der Waals surface area contributed by atoms with E-state index < -0.39 is 0 Å². The summed E-state index contributed by atoms with van der Waals surface area (Å²) in [6.45, 7) is 0. The highest BCUT2D eigenvalue weighted by molar-refractivity contribution is 9.11. The zero-order chi connectivity index (χ0) is 23.4. The molecule has 0 heterocycles. The highest BCUT2D eigenvalue weighted by Crippen LogP contribution is 2.40. The number of phenols is 2. The largest absolute Gasteiger partial charge is 0.506 e. The molecule has 9 heteroatoms. The van der Waals surface area contributed by atoms with Gasteiger partial charge in [0.25, 0.3) is 0 Å². The van der Waals surface area contributed by atoms with Gasteiger partial charge in [-0.2, -0.15) is 5.10 Å². The molecule has 0 saturated heterocycles. The third-order valence-corrected chi connectivity index (χ3v) is 5.40. The summed E-state index contributed by atoms with van der Waals surface area (Å²) in [6.07, 6.45) is 2.22. The summed E-state index contributed by atoms with van der Waals surface area (Å²) in [6, 6.07) is 15.7. The normalized spacial score (nSPS) is 10.1. The molecule has 0 spiro atoms. The first kappa shape index (κ1) is 26.6. The van der Waals surface area contributed by atoms with Crippen LogP contribution in [0.3, 0.4) is 0 Å². The number of aromatic hydroxyl groups is 2. The summed E-state index contributed by atoms with van der Waals surface area (Å²) in [7, 11) is 2.00. The Morgan fingerprint density at radius 1 is 0.968 bits per heavy atom. The number of amides is 1. The minimum atomic E-state index is -0.226. The zero-order valence-corrected chi connectivity index (χ0v) is 20.2. The first-order chi connectivity index (χ1) is 15.0. The Morgan fingerprint density at radius 2 is 1.61 bits per heavy atom. The van der Waals surface area contributed by atoms with E-state index in [0.29, 0.717) is 22.9 Å². The van der Waals surface area contributed by atoms with Gasteiger partial charge in [-0.05, 0) is 60.7 Å². The van der Waals surface area contributed by atoms with Gasteiger partial charge in [-0.3, -0.25) is 4.79 Å². The average Bonchev–Trinajstić information content (AvgIpc) is 2.82. The van der Waals surface area contributed by atoms with Crippen LogP contribution in [-0.2, 0) is 11.2 Å². The van der Waals surface area contributed by atoms with Crippen molar-refractivity contribution in [3.63, 3.8) is 0 Å². The summed E-state index contributed by atoms with van der Waals surface area (Å²) in [5, 5.41) is 39.9. The number of hydrogen-bond acceptors (Lipinski definition) is 6. The smallest absolute Gasteiger partial charge is 0.240 e. The number of aliphatic hydroxyl groups is 2. The molecule has 3 rings (SSSR count). The van der Waals surface area contributed by atoms with Gasteiger partial charge in [0.2, 0.25) is 5.91 Å². The van der Waals surface area contributed by atoms with Crippen LogP contribution in [0.4, 0.5) is 0 Å². The van der Waals surface area contributed by atoms with E-state index in [1.165, 1.54) is 17.7 Å². The molecule has 7 nitrogen and oxygen atoms in total. The fraction of sp³-hybridized carbons (Fsp3) is 0.182. The predicted molar refractivity (Wildman–Crippen MR) is 129 cm³/mol. The lowest BCUT2D eigenvalue weighted by molar-refractivity contribution is -0.121. The average molecular weight is 556 g/mol. The Kier molecular flexibility index (Phi) is 11.8. The summed E-state index contributed by atoms with van der Waals surface area (Å²) in [5.41, 5.74) is 3.87. The van der Waals surface area contributed by atoms with Gasteiger partial charge in [-0.15, -0.1) is 0 Å². The van der Waals surface area contributed by atoms with Crippen molar-refractivity contribution in [3.05, 3.63) is 68.6 Å². The molecule has 166 valence electrons. The molecule has 0 bridgehead atoms. The first-order valence-electron chi connectivity index (χ1n) is 9.04. The van der Waals surface area contributed by atoms with Gasteiger partial charge >= 0.3 is 0 Å². The number of hydrazone groups is 1. The number of nitrogens with zero attached hydrogens (tertiary/aromatic N) is 1. The second-order valence-electron chi connectivity index (χ2n) is 5.93. The van der Waals surface area contributed by atoms with E-state index in [1.54, 1.807) is 0 Å². The van der Waals surface area contributed by atoms with Gasteiger partial charge in [0.05, 0.1) is 10.7 Å². The van der Waals surface area contributed by atoms with E-state index in [0.717, 1.165) is 25.2 Å². The van der Waals surface area contributed by atoms with E-state index in [4.69, 9.17) is 10.2 Å². The van der Waals surface area contributed by atoms with Crippen molar-refractivity contribution in [1.29, 1.82) is 0 Å². The molecule has 3 aromatic carbocycles. The van der Waals surface area contributed by atoms with Gasteiger partial charge in [-0.1, -0.05) is 42.5 Å². The molecule has 5 N–H and O–H groups in total. The number of aliphatic hydroxyl groups excluding tert-OH is 2. The van der Waals surface area contributed by atoms with E-state index in [9.17, 15) is 15.0 Å². The van der Waals surface area contributed by atoms with Crippen molar-refractivity contribution in [3.8, 4) is 11.5 Å². The molecule has 0 unspecified atom stereocenters. The lowest BCUT2D eigenvalue weighted by Crippen LogP contribution is -2.17. The van der Waals surface area contributed by atoms with Crippen LogP contribution in [0.1, 0.15) is 17.5 Å². The molecule has 0 fully saturated rings. The predicted octanol–water partition coefficient (Wildman–Crippen LogP) is 4.08. The molecule has 0 aliphatic rings. The monoisotopic (exact) mass is 554 g/mol. The topological polar surface area (TPSA) is 122 Å². The summed E-state index contributed by atoms with van der Waals surface area (Å²) < 4.78 is 0.553. The van der Waals surface area contributed by atoms with Crippen LogP contribution in [-0.4, -0.2) is 46.8 Å². The van der Waals surface area contributed by atoms with Gasteiger partial charge in [0.15, 0.2) is 0 Å². The minimum Gasteiger partial charge on any atom is -0.506 e. The van der Waals surface area contributed by atoms with Crippen molar-refractivity contribution < 1.29 is 25.2 Å². The number of rotatable bonds is 5. The lowest BCUT2D eigenvalue weighted by Gasteiger charge is -2.06. The minimum absolute atomic E-state index is 0.107. The Balaban J connectivity index is 0.00000113. The van der Waals surface area contributed by atoms with Gasteiger partial charge in [0.1, 0.15) is 16.0 Å². The highest BCUT2D eigenvalue weighted by atomic mass is 79.9. The Hall–Kier alpha value is -2.46. The van der Waals surface area contributed by atoms with E-state index >= 15 is 0 Å². The Morgan fingerprint density at radius 3 is 2.29 bits per heavy atom. The van der Waals surface area contributed by atoms with Crippen LogP contribution < -0.4 is 5.43 Å². The molecule has 0 aliphatic carbocycles. The third kappa shape index (κ3) is 7.62. The number of benzene rings is 3. The molecule has 31 heavy (non-hydrogen) atoms. The zero-order valence-electron chi connectivity index (χ0n) is 17.0. The van der Waals surface area contributed by atoms with E-state index in [2.05, 4.69) is 54.5 Å². The number of phenolic OH excluding ortho intramolecular Hbond substituents is 2. The van der Waals surface area contributed by atoms with Crippen molar-refractivity contribution in [2.75, 3.05) is 14.2 Å². The second kappa shape index (κ2) is 13.8. The summed E-state index contributed by atoms with van der Waals surface area (Å²) >= 11 is 6.27. The van der Waals surface area contributed by atoms with Crippen molar-refractivity contribution in [1.82, 2.24) is 5.43 Å². The quantitative estimate of drug-likeness (QED) is 0.240. The maximum Gasteiger partial charge on any atom is 0.240 e. The molecule has 0 aromatic heterocycles. The van der Waals surface area contributed by atoms with Crippen molar-refractivity contribution >= 4 is 54.8 Å². The van der Waals surface area contributed by atoms with Crippen LogP contribution in [0.2, 0.25) is 0 Å². The van der Waals surface area contributed by atoms with Crippen LogP contribution in [0, 0.1) is 0 Å². The highest BCUT2D eigenvalue weighted by Gasteiger charge is 2.12. The van der Waals surface area contributed by atoms with Crippen LogP contribution >= 0.6 is 31.9 Å². The molecular formula is C22H24Br2N2O5. The molecule has 0 radical (unpaired) electrons. The molecule has 0 saturated carbocycles. The first-order valence-corrected chi connectivity index (χ1v) is 10.6. The number of hydrogen-bond donors (Lipinski definition) is 5. The van der Waals surface area contributed by atoms with Crippen LogP contribution in [0.5, 0.6) is 11.5 Å². The van der Waals surface area contributed by atoms with Gasteiger partial charge in [-0.25, -0.2) is 5.43 Å². The van der Waals surface area contributed by atoms with Crippen molar-refractivity contribution in [2.24, 2.45) is 5.10 Å². The number of carbonyl (C=O) groups excluding carboxylic acids is 1. The van der Waals surface area contributed by atoms with Gasteiger partial charge < -0.3 is 20.4 Å².